The molecule has 0 atom stereocenters. The fourth-order valence-electron chi connectivity index (χ4n) is 1.58. The molecule has 0 aliphatic rings. The lowest BCUT2D eigenvalue weighted by molar-refractivity contribution is 0.495. The van der Waals surface area contributed by atoms with Crippen molar-refractivity contribution in [1.82, 2.24) is 15.5 Å². The van der Waals surface area contributed by atoms with Gasteiger partial charge in [-0.1, -0.05) is 0 Å². The van der Waals surface area contributed by atoms with Gasteiger partial charge in [0.1, 0.15) is 0 Å². The van der Waals surface area contributed by atoms with Crippen molar-refractivity contribution >= 4 is 0 Å². The van der Waals surface area contributed by atoms with E-state index in [4.69, 9.17) is 9.68 Å². The van der Waals surface area contributed by atoms with Gasteiger partial charge in [0, 0.05) is 12.0 Å². The van der Waals surface area contributed by atoms with Crippen molar-refractivity contribution in [3.63, 3.8) is 0 Å². The summed E-state index contributed by atoms with van der Waals surface area (Å²) in [5.41, 5.74) is 1.45. The van der Waals surface area contributed by atoms with Crippen LogP contribution in [-0.2, 0) is 6.42 Å². The zero-order valence-electron chi connectivity index (χ0n) is 10.2. The summed E-state index contributed by atoms with van der Waals surface area (Å²) in [7, 11) is 1.91. The highest BCUT2D eigenvalue weighted by Crippen LogP contribution is 2.18. The Kier molecular flexibility index (Phi) is 4.05. The normalized spacial score (nSPS) is 10.2. The van der Waals surface area contributed by atoms with Gasteiger partial charge in [0.15, 0.2) is 0 Å². The van der Waals surface area contributed by atoms with Crippen LogP contribution in [0, 0.1) is 11.3 Å². The molecule has 1 aromatic heterocycles. The number of aryl methyl sites for hydroxylation is 1. The minimum absolute atomic E-state index is 0.499. The van der Waals surface area contributed by atoms with Gasteiger partial charge in [-0.25, -0.2) is 0 Å². The molecule has 1 N–H and O–H groups in total. The van der Waals surface area contributed by atoms with Gasteiger partial charge in [-0.3, -0.25) is 0 Å². The van der Waals surface area contributed by atoms with Crippen LogP contribution in [0.5, 0.6) is 0 Å². The molecule has 1 aromatic carbocycles. The molecule has 0 saturated heterocycles. The zero-order chi connectivity index (χ0) is 12.8. The topological polar surface area (TPSA) is 74.7 Å². The Morgan fingerprint density at radius 1 is 1.28 bits per heavy atom. The monoisotopic (exact) mass is 242 g/mol. The lowest BCUT2D eigenvalue weighted by Crippen LogP contribution is -2.08. The molecule has 0 bridgehead atoms. The quantitative estimate of drug-likeness (QED) is 0.808. The molecule has 2 rings (SSSR count). The van der Waals surface area contributed by atoms with Gasteiger partial charge >= 0.3 is 0 Å². The molecule has 0 saturated carbocycles. The highest BCUT2D eigenvalue weighted by Gasteiger charge is 2.07. The molecule has 1 heterocycles. The van der Waals surface area contributed by atoms with E-state index < -0.39 is 0 Å². The van der Waals surface area contributed by atoms with Crippen molar-refractivity contribution in [3.8, 4) is 17.5 Å². The first-order valence-electron chi connectivity index (χ1n) is 5.81. The molecule has 0 unspecified atom stereocenters. The van der Waals surface area contributed by atoms with Crippen molar-refractivity contribution in [1.29, 1.82) is 5.26 Å². The fraction of sp³-hybridized carbons (Fsp3) is 0.308. The Bertz CT molecular complexity index is 539. The van der Waals surface area contributed by atoms with Gasteiger partial charge in [-0.05, 0) is 44.3 Å². The molecule has 0 aliphatic heterocycles. The van der Waals surface area contributed by atoms with E-state index in [1.165, 1.54) is 0 Å². The largest absolute Gasteiger partial charge is 0.421 e. The Morgan fingerprint density at radius 3 is 2.72 bits per heavy atom. The van der Waals surface area contributed by atoms with Gasteiger partial charge < -0.3 is 9.73 Å². The van der Waals surface area contributed by atoms with Crippen molar-refractivity contribution in [2.75, 3.05) is 13.6 Å². The SMILES string of the molecule is CNCCCc1nnc(-c2ccc(C#N)cc2)o1. The molecule has 0 spiro atoms. The molecular formula is C13H14N4O. The highest BCUT2D eigenvalue weighted by atomic mass is 16.4. The first-order valence-corrected chi connectivity index (χ1v) is 5.81. The van der Waals surface area contributed by atoms with Gasteiger partial charge in [-0.2, -0.15) is 5.26 Å². The van der Waals surface area contributed by atoms with Crippen LogP contribution < -0.4 is 5.32 Å². The van der Waals surface area contributed by atoms with Crippen LogP contribution in [0.4, 0.5) is 0 Å². The van der Waals surface area contributed by atoms with E-state index in [2.05, 4.69) is 21.6 Å². The Morgan fingerprint density at radius 2 is 2.06 bits per heavy atom. The second-order valence-electron chi connectivity index (χ2n) is 3.90. The molecule has 18 heavy (non-hydrogen) atoms. The maximum Gasteiger partial charge on any atom is 0.247 e. The van der Waals surface area contributed by atoms with Gasteiger partial charge in [0.25, 0.3) is 0 Å². The minimum atomic E-state index is 0.499. The number of rotatable bonds is 5. The van der Waals surface area contributed by atoms with E-state index in [0.717, 1.165) is 24.9 Å². The first kappa shape index (κ1) is 12.3. The molecule has 2 aromatic rings. The molecule has 0 fully saturated rings. The van der Waals surface area contributed by atoms with Gasteiger partial charge in [0.2, 0.25) is 11.8 Å². The van der Waals surface area contributed by atoms with Crippen molar-refractivity contribution in [3.05, 3.63) is 35.7 Å². The van der Waals surface area contributed by atoms with Crippen LogP contribution in [0.25, 0.3) is 11.5 Å². The summed E-state index contributed by atoms with van der Waals surface area (Å²) in [5.74, 6) is 1.14. The third-order valence-electron chi connectivity index (χ3n) is 2.55. The average Bonchev–Trinajstić information content (AvgIpc) is 2.88. The summed E-state index contributed by atoms with van der Waals surface area (Å²) in [4.78, 5) is 0. The summed E-state index contributed by atoms with van der Waals surface area (Å²) < 4.78 is 5.56. The maximum atomic E-state index is 8.72. The Balaban J connectivity index is 2.06. The third-order valence-corrected chi connectivity index (χ3v) is 2.55. The van der Waals surface area contributed by atoms with Crippen LogP contribution in [0.2, 0.25) is 0 Å². The van der Waals surface area contributed by atoms with E-state index in [-0.39, 0.29) is 0 Å². The Labute approximate surface area is 105 Å². The van der Waals surface area contributed by atoms with Gasteiger partial charge in [-0.15, -0.1) is 10.2 Å². The summed E-state index contributed by atoms with van der Waals surface area (Å²) >= 11 is 0. The third kappa shape index (κ3) is 2.93. The number of benzene rings is 1. The second kappa shape index (κ2) is 5.94. The van der Waals surface area contributed by atoms with Crippen LogP contribution in [0.1, 0.15) is 17.9 Å². The van der Waals surface area contributed by atoms with E-state index in [1.807, 2.05) is 19.2 Å². The average molecular weight is 242 g/mol. The predicted octanol–water partition coefficient (Wildman–Crippen LogP) is 1.76. The number of nitriles is 1. The summed E-state index contributed by atoms with van der Waals surface area (Å²) in [6.45, 7) is 0.925. The lowest BCUT2D eigenvalue weighted by Gasteiger charge is -1.95. The fourth-order valence-corrected chi connectivity index (χ4v) is 1.58. The number of nitrogens with one attached hydrogen (secondary N) is 1. The molecule has 0 radical (unpaired) electrons. The maximum absolute atomic E-state index is 8.72. The minimum Gasteiger partial charge on any atom is -0.421 e. The standard InChI is InChI=1S/C13H14N4O/c1-15-8-2-3-12-16-17-13(18-12)11-6-4-10(9-14)5-7-11/h4-7,15H,2-3,8H2,1H3. The first-order chi connectivity index (χ1) is 8.83. The highest BCUT2D eigenvalue weighted by molar-refractivity contribution is 5.54. The summed E-state index contributed by atoms with van der Waals surface area (Å²) in [6, 6.07) is 9.16. The molecular weight excluding hydrogens is 228 g/mol. The van der Waals surface area contributed by atoms with Crippen molar-refractivity contribution in [2.45, 2.75) is 12.8 Å². The van der Waals surface area contributed by atoms with Crippen LogP contribution in [-0.4, -0.2) is 23.8 Å². The Hall–Kier alpha value is -2.19. The van der Waals surface area contributed by atoms with Crippen LogP contribution >= 0.6 is 0 Å². The molecule has 0 aliphatic carbocycles. The number of nitrogens with zero attached hydrogens (tertiary/aromatic N) is 3. The summed E-state index contributed by atoms with van der Waals surface area (Å²) in [5, 5.41) is 19.8. The number of hydrogen-bond acceptors (Lipinski definition) is 5. The molecule has 5 nitrogen and oxygen atoms in total. The second-order valence-corrected chi connectivity index (χ2v) is 3.90. The van der Waals surface area contributed by atoms with E-state index >= 15 is 0 Å². The number of aromatic nitrogens is 2. The van der Waals surface area contributed by atoms with Crippen LogP contribution in [0.3, 0.4) is 0 Å². The van der Waals surface area contributed by atoms with Crippen molar-refractivity contribution < 1.29 is 4.42 Å². The predicted molar refractivity (Wildman–Crippen MR) is 66.7 cm³/mol. The number of hydrogen-bond donors (Lipinski definition) is 1. The van der Waals surface area contributed by atoms with E-state index in [9.17, 15) is 0 Å². The molecule has 0 amide bonds. The lowest BCUT2D eigenvalue weighted by atomic mass is 10.1. The van der Waals surface area contributed by atoms with Gasteiger partial charge in [0.05, 0.1) is 11.6 Å². The zero-order valence-corrected chi connectivity index (χ0v) is 10.2. The molecule has 92 valence electrons. The van der Waals surface area contributed by atoms with Crippen molar-refractivity contribution in [2.24, 2.45) is 0 Å². The molecule has 5 heteroatoms. The summed E-state index contributed by atoms with van der Waals surface area (Å²) in [6.07, 6.45) is 1.73. The smallest absolute Gasteiger partial charge is 0.247 e. The van der Waals surface area contributed by atoms with E-state index in [1.54, 1.807) is 12.1 Å². The van der Waals surface area contributed by atoms with Crippen LogP contribution in [0.15, 0.2) is 28.7 Å². The van der Waals surface area contributed by atoms with E-state index in [0.29, 0.717) is 17.3 Å².